The van der Waals surface area contributed by atoms with Crippen LogP contribution < -0.4 is 10.6 Å². The maximum atomic E-state index is 4.23. The molecule has 1 heterocycles. The maximum absolute atomic E-state index is 4.23. The van der Waals surface area contributed by atoms with Gasteiger partial charge in [-0.25, -0.2) is 0 Å². The van der Waals surface area contributed by atoms with Crippen molar-refractivity contribution in [2.24, 2.45) is 4.99 Å². The third kappa shape index (κ3) is 4.53. The van der Waals surface area contributed by atoms with Gasteiger partial charge in [0.25, 0.3) is 0 Å². The van der Waals surface area contributed by atoms with E-state index in [0.717, 1.165) is 18.2 Å². The minimum Gasteiger partial charge on any atom is -0.352 e. The van der Waals surface area contributed by atoms with E-state index in [9.17, 15) is 0 Å². The maximum Gasteiger partial charge on any atom is 0.191 e. The van der Waals surface area contributed by atoms with Crippen molar-refractivity contribution in [1.29, 1.82) is 0 Å². The number of aromatic nitrogens is 2. The van der Waals surface area contributed by atoms with Crippen LogP contribution in [0.15, 0.2) is 40.4 Å². The Balaban J connectivity index is 1.91. The van der Waals surface area contributed by atoms with Crippen LogP contribution in [0, 0.1) is 6.92 Å². The van der Waals surface area contributed by atoms with E-state index >= 15 is 0 Å². The van der Waals surface area contributed by atoms with Gasteiger partial charge in [-0.3, -0.25) is 10.1 Å². The number of guanidine groups is 1. The molecule has 1 aromatic carbocycles. The van der Waals surface area contributed by atoms with Crippen LogP contribution in [0.4, 0.5) is 0 Å². The SMILES string of the molecule is CN=C(NCc1ccn[nH]1)NCc1ccc(C)cc1SC. The Morgan fingerprint density at radius 3 is 2.76 bits per heavy atom. The van der Waals surface area contributed by atoms with E-state index in [1.54, 1.807) is 25.0 Å². The van der Waals surface area contributed by atoms with Crippen LogP contribution in [0.3, 0.4) is 0 Å². The summed E-state index contributed by atoms with van der Waals surface area (Å²) in [5.74, 6) is 0.775. The number of benzene rings is 1. The number of aryl methyl sites for hydroxylation is 1. The fourth-order valence-corrected chi connectivity index (χ4v) is 2.67. The highest BCUT2D eigenvalue weighted by atomic mass is 32.2. The molecule has 3 N–H and O–H groups in total. The summed E-state index contributed by atoms with van der Waals surface area (Å²) >= 11 is 1.77. The summed E-state index contributed by atoms with van der Waals surface area (Å²) in [5, 5.41) is 13.4. The fraction of sp³-hybridized carbons (Fsp3) is 0.333. The third-order valence-electron chi connectivity index (χ3n) is 3.12. The number of nitrogens with zero attached hydrogens (tertiary/aromatic N) is 2. The molecule has 0 radical (unpaired) electrons. The highest BCUT2D eigenvalue weighted by molar-refractivity contribution is 7.98. The Bertz CT molecular complexity index is 592. The Morgan fingerprint density at radius 2 is 2.10 bits per heavy atom. The second kappa shape index (κ2) is 7.73. The van der Waals surface area contributed by atoms with Gasteiger partial charge in [0.05, 0.1) is 12.2 Å². The first-order chi connectivity index (χ1) is 10.2. The summed E-state index contributed by atoms with van der Waals surface area (Å²) in [5.41, 5.74) is 3.58. The summed E-state index contributed by atoms with van der Waals surface area (Å²) in [6.07, 6.45) is 3.84. The lowest BCUT2D eigenvalue weighted by atomic mass is 10.1. The predicted molar refractivity (Wildman–Crippen MR) is 88.6 cm³/mol. The molecule has 0 saturated carbocycles. The normalized spacial score (nSPS) is 11.5. The first-order valence-electron chi connectivity index (χ1n) is 6.79. The number of aromatic amines is 1. The van der Waals surface area contributed by atoms with Crippen molar-refractivity contribution in [3.8, 4) is 0 Å². The smallest absolute Gasteiger partial charge is 0.191 e. The van der Waals surface area contributed by atoms with Crippen LogP contribution in [0.25, 0.3) is 0 Å². The lowest BCUT2D eigenvalue weighted by molar-refractivity contribution is 0.784. The Hall–Kier alpha value is -1.95. The van der Waals surface area contributed by atoms with Gasteiger partial charge in [-0.2, -0.15) is 5.10 Å². The highest BCUT2D eigenvalue weighted by Crippen LogP contribution is 2.21. The second-order valence-electron chi connectivity index (χ2n) is 4.68. The van der Waals surface area contributed by atoms with Gasteiger partial charge in [0.2, 0.25) is 0 Å². The lowest BCUT2D eigenvalue weighted by Crippen LogP contribution is -2.36. The summed E-state index contributed by atoms with van der Waals surface area (Å²) in [7, 11) is 1.77. The summed E-state index contributed by atoms with van der Waals surface area (Å²) < 4.78 is 0. The molecule has 0 amide bonds. The first kappa shape index (κ1) is 15.4. The van der Waals surface area contributed by atoms with Crippen LogP contribution in [0.5, 0.6) is 0 Å². The quantitative estimate of drug-likeness (QED) is 0.450. The number of rotatable bonds is 5. The molecule has 0 bridgehead atoms. The zero-order chi connectivity index (χ0) is 15.1. The summed E-state index contributed by atoms with van der Waals surface area (Å²) in [6.45, 7) is 3.53. The molecule has 2 rings (SSSR count). The molecule has 0 aliphatic carbocycles. The molecule has 0 fully saturated rings. The minimum absolute atomic E-state index is 0.670. The number of hydrogen-bond acceptors (Lipinski definition) is 3. The average Bonchev–Trinajstić information content (AvgIpc) is 3.01. The number of nitrogens with one attached hydrogen (secondary N) is 3. The molecule has 5 nitrogen and oxygen atoms in total. The molecule has 21 heavy (non-hydrogen) atoms. The van der Waals surface area contributed by atoms with Crippen LogP contribution in [0.1, 0.15) is 16.8 Å². The molecule has 0 aliphatic heterocycles. The van der Waals surface area contributed by atoms with Gasteiger partial charge < -0.3 is 10.6 Å². The fourth-order valence-electron chi connectivity index (χ4n) is 1.96. The van der Waals surface area contributed by atoms with Crippen LogP contribution in [0.2, 0.25) is 0 Å². The van der Waals surface area contributed by atoms with Crippen molar-refractivity contribution in [1.82, 2.24) is 20.8 Å². The zero-order valence-corrected chi connectivity index (χ0v) is 13.4. The molecule has 0 aliphatic rings. The minimum atomic E-state index is 0.670. The van der Waals surface area contributed by atoms with Crippen LogP contribution in [-0.2, 0) is 13.1 Å². The van der Waals surface area contributed by atoms with Gasteiger partial charge in [-0.05, 0) is 36.4 Å². The third-order valence-corrected chi connectivity index (χ3v) is 3.94. The molecule has 2 aromatic rings. The summed E-state index contributed by atoms with van der Waals surface area (Å²) in [6, 6.07) is 8.45. The molecule has 0 spiro atoms. The summed E-state index contributed by atoms with van der Waals surface area (Å²) in [4.78, 5) is 5.53. The average molecular weight is 303 g/mol. The van der Waals surface area contributed by atoms with Crippen LogP contribution in [-0.4, -0.2) is 29.5 Å². The van der Waals surface area contributed by atoms with Crippen LogP contribution >= 0.6 is 11.8 Å². The van der Waals surface area contributed by atoms with E-state index in [1.807, 2.05) is 6.07 Å². The molecule has 0 unspecified atom stereocenters. The molecular formula is C15H21N5S. The number of H-pyrrole nitrogens is 1. The van der Waals surface area contributed by atoms with Gasteiger partial charge in [0, 0.05) is 24.7 Å². The highest BCUT2D eigenvalue weighted by Gasteiger charge is 2.04. The monoisotopic (exact) mass is 303 g/mol. The van der Waals surface area contributed by atoms with E-state index in [2.05, 4.69) is 57.2 Å². The van der Waals surface area contributed by atoms with E-state index in [0.29, 0.717) is 6.54 Å². The largest absolute Gasteiger partial charge is 0.352 e. The molecule has 0 atom stereocenters. The molecule has 112 valence electrons. The van der Waals surface area contributed by atoms with Crippen molar-refractivity contribution < 1.29 is 0 Å². The van der Waals surface area contributed by atoms with Gasteiger partial charge in [-0.1, -0.05) is 12.1 Å². The number of thioether (sulfide) groups is 1. The van der Waals surface area contributed by atoms with E-state index in [4.69, 9.17) is 0 Å². The van der Waals surface area contributed by atoms with E-state index in [1.165, 1.54) is 16.0 Å². The Labute approximate surface area is 129 Å². The van der Waals surface area contributed by atoms with E-state index < -0.39 is 0 Å². The van der Waals surface area contributed by atoms with Gasteiger partial charge in [0.15, 0.2) is 5.96 Å². The number of hydrogen-bond donors (Lipinski definition) is 3. The van der Waals surface area contributed by atoms with Crippen molar-refractivity contribution in [3.63, 3.8) is 0 Å². The second-order valence-corrected chi connectivity index (χ2v) is 5.52. The molecule has 6 heteroatoms. The van der Waals surface area contributed by atoms with Gasteiger partial charge in [0.1, 0.15) is 0 Å². The topological polar surface area (TPSA) is 65.1 Å². The van der Waals surface area contributed by atoms with Gasteiger partial charge in [-0.15, -0.1) is 11.8 Å². The standard InChI is InChI=1S/C15H21N5S/c1-11-4-5-12(14(8-11)21-3)9-17-15(16-2)18-10-13-6-7-19-20-13/h4-8H,9-10H2,1-3H3,(H,19,20)(H2,16,17,18). The first-order valence-corrected chi connectivity index (χ1v) is 8.01. The van der Waals surface area contributed by atoms with Crippen molar-refractivity contribution in [2.75, 3.05) is 13.3 Å². The van der Waals surface area contributed by atoms with Crippen molar-refractivity contribution in [2.45, 2.75) is 24.9 Å². The van der Waals surface area contributed by atoms with E-state index in [-0.39, 0.29) is 0 Å². The molecular weight excluding hydrogens is 282 g/mol. The zero-order valence-electron chi connectivity index (χ0n) is 12.6. The Kier molecular flexibility index (Phi) is 5.68. The molecule has 0 saturated heterocycles. The number of aliphatic imine (C=N–C) groups is 1. The van der Waals surface area contributed by atoms with Crippen molar-refractivity contribution >= 4 is 17.7 Å². The lowest BCUT2D eigenvalue weighted by Gasteiger charge is -2.13. The molecule has 1 aromatic heterocycles. The van der Waals surface area contributed by atoms with Crippen molar-refractivity contribution in [3.05, 3.63) is 47.3 Å². The predicted octanol–water partition coefficient (Wildman–Crippen LogP) is 2.31. The van der Waals surface area contributed by atoms with Gasteiger partial charge >= 0.3 is 0 Å². The Morgan fingerprint density at radius 1 is 1.29 bits per heavy atom.